The van der Waals surface area contributed by atoms with Crippen molar-refractivity contribution >= 4 is 5.91 Å². The Kier molecular flexibility index (Phi) is 5.02. The number of rotatable bonds is 5. The van der Waals surface area contributed by atoms with E-state index in [2.05, 4.69) is 17.6 Å². The number of carbonyl (C=O) groups is 1. The van der Waals surface area contributed by atoms with Crippen LogP contribution in [0.2, 0.25) is 0 Å². The first-order valence-electron chi connectivity index (χ1n) is 7.23. The van der Waals surface area contributed by atoms with Gasteiger partial charge < -0.3 is 9.73 Å². The summed E-state index contributed by atoms with van der Waals surface area (Å²) in [5.74, 6) is 1.54. The second-order valence-electron chi connectivity index (χ2n) is 5.55. The zero-order chi connectivity index (χ0) is 13.7. The molecule has 4 nitrogen and oxygen atoms in total. The summed E-state index contributed by atoms with van der Waals surface area (Å²) < 4.78 is 5.30. The zero-order valence-electron chi connectivity index (χ0n) is 11.8. The van der Waals surface area contributed by atoms with Crippen LogP contribution in [-0.4, -0.2) is 18.5 Å². The average Bonchev–Trinajstić information content (AvgIpc) is 2.93. The van der Waals surface area contributed by atoms with Crippen LogP contribution in [-0.2, 0) is 4.79 Å². The molecule has 106 valence electrons. The summed E-state index contributed by atoms with van der Waals surface area (Å²) in [4.78, 5) is 11.9. The van der Waals surface area contributed by atoms with Gasteiger partial charge in [-0.2, -0.15) is 0 Å². The molecule has 2 N–H and O–H groups in total. The summed E-state index contributed by atoms with van der Waals surface area (Å²) in [6.45, 7) is 4.56. The molecular weight excluding hydrogens is 240 g/mol. The van der Waals surface area contributed by atoms with E-state index >= 15 is 0 Å². The third-order valence-corrected chi connectivity index (χ3v) is 4.00. The lowest BCUT2D eigenvalue weighted by Gasteiger charge is -2.29. The Bertz CT molecular complexity index is 389. The molecule has 1 heterocycles. The summed E-state index contributed by atoms with van der Waals surface area (Å²) in [5, 5.41) is 6.32. The maximum Gasteiger partial charge on any atom is 0.234 e. The van der Waals surface area contributed by atoms with Gasteiger partial charge in [0.05, 0.1) is 18.8 Å². The molecule has 0 spiro atoms. The predicted molar refractivity (Wildman–Crippen MR) is 74.7 cm³/mol. The minimum atomic E-state index is 0.0597. The fourth-order valence-electron chi connectivity index (χ4n) is 2.67. The second-order valence-corrected chi connectivity index (χ2v) is 5.55. The molecule has 0 radical (unpaired) electrons. The van der Waals surface area contributed by atoms with Crippen molar-refractivity contribution in [3.63, 3.8) is 0 Å². The van der Waals surface area contributed by atoms with E-state index in [0.29, 0.717) is 18.5 Å². The fourth-order valence-corrected chi connectivity index (χ4v) is 2.67. The average molecular weight is 264 g/mol. The molecule has 1 saturated carbocycles. The Balaban J connectivity index is 1.72. The lowest BCUT2D eigenvalue weighted by molar-refractivity contribution is -0.121. The molecule has 0 unspecified atom stereocenters. The van der Waals surface area contributed by atoms with Crippen LogP contribution in [0.4, 0.5) is 0 Å². The smallest absolute Gasteiger partial charge is 0.234 e. The van der Waals surface area contributed by atoms with Gasteiger partial charge in [-0.1, -0.05) is 19.8 Å². The van der Waals surface area contributed by atoms with E-state index in [4.69, 9.17) is 4.42 Å². The van der Waals surface area contributed by atoms with Gasteiger partial charge in [-0.15, -0.1) is 0 Å². The summed E-state index contributed by atoms with van der Waals surface area (Å²) in [6.07, 6.45) is 6.51. The van der Waals surface area contributed by atoms with Crippen LogP contribution >= 0.6 is 0 Å². The molecule has 4 heteroatoms. The van der Waals surface area contributed by atoms with Crippen molar-refractivity contribution in [2.75, 3.05) is 6.54 Å². The summed E-state index contributed by atoms with van der Waals surface area (Å²) in [5.41, 5.74) is 0. The number of hydrogen-bond donors (Lipinski definition) is 2. The largest absolute Gasteiger partial charge is 0.468 e. The first kappa shape index (κ1) is 14.1. The van der Waals surface area contributed by atoms with Gasteiger partial charge in [0.2, 0.25) is 5.91 Å². The maximum atomic E-state index is 11.9. The Morgan fingerprint density at radius 1 is 1.47 bits per heavy atom. The molecule has 0 aromatic carbocycles. The number of furan rings is 1. The van der Waals surface area contributed by atoms with Gasteiger partial charge in [0.15, 0.2) is 0 Å². The highest BCUT2D eigenvalue weighted by atomic mass is 16.3. The van der Waals surface area contributed by atoms with Crippen molar-refractivity contribution in [1.82, 2.24) is 10.6 Å². The van der Waals surface area contributed by atoms with E-state index in [9.17, 15) is 4.79 Å². The van der Waals surface area contributed by atoms with Crippen LogP contribution in [0.15, 0.2) is 22.8 Å². The standard InChI is InChI=1S/C15H24N2O2/c1-11-6-3-4-7-13(11)17-15(18)10-16-12(2)14-8-5-9-19-14/h5,8-9,11-13,16H,3-4,6-7,10H2,1-2H3,(H,17,18)/t11-,12+,13+/m1/s1. The van der Waals surface area contributed by atoms with E-state index in [1.807, 2.05) is 19.1 Å². The Morgan fingerprint density at radius 2 is 2.26 bits per heavy atom. The van der Waals surface area contributed by atoms with Gasteiger partial charge in [-0.05, 0) is 37.8 Å². The molecule has 3 atom stereocenters. The third kappa shape index (κ3) is 4.10. The first-order valence-corrected chi connectivity index (χ1v) is 7.23. The highest BCUT2D eigenvalue weighted by Gasteiger charge is 2.22. The molecule has 1 amide bonds. The van der Waals surface area contributed by atoms with Crippen LogP contribution in [0.5, 0.6) is 0 Å². The highest BCUT2D eigenvalue weighted by molar-refractivity contribution is 5.78. The molecule has 1 fully saturated rings. The SMILES string of the molecule is C[C@H](NCC(=O)N[C@H]1CCCC[C@H]1C)c1ccco1. The Morgan fingerprint density at radius 3 is 2.95 bits per heavy atom. The van der Waals surface area contributed by atoms with Gasteiger partial charge in [0.1, 0.15) is 5.76 Å². The van der Waals surface area contributed by atoms with Crippen molar-refractivity contribution < 1.29 is 9.21 Å². The number of carbonyl (C=O) groups excluding carboxylic acids is 1. The van der Waals surface area contributed by atoms with Crippen LogP contribution in [0.1, 0.15) is 51.3 Å². The summed E-state index contributed by atoms with van der Waals surface area (Å²) >= 11 is 0. The minimum Gasteiger partial charge on any atom is -0.468 e. The lowest BCUT2D eigenvalue weighted by Crippen LogP contribution is -2.45. The second kappa shape index (κ2) is 6.75. The molecule has 1 aromatic rings. The molecular formula is C15H24N2O2. The first-order chi connectivity index (χ1) is 9.16. The molecule has 2 rings (SSSR count). The van der Waals surface area contributed by atoms with E-state index in [-0.39, 0.29) is 11.9 Å². The lowest BCUT2D eigenvalue weighted by atomic mass is 9.86. The van der Waals surface area contributed by atoms with Gasteiger partial charge in [-0.25, -0.2) is 0 Å². The van der Waals surface area contributed by atoms with Gasteiger partial charge in [-0.3, -0.25) is 10.1 Å². The molecule has 1 aliphatic carbocycles. The molecule has 0 saturated heterocycles. The van der Waals surface area contributed by atoms with Crippen molar-refractivity contribution in [3.8, 4) is 0 Å². The topological polar surface area (TPSA) is 54.3 Å². The third-order valence-electron chi connectivity index (χ3n) is 4.00. The van der Waals surface area contributed by atoms with Crippen molar-refractivity contribution in [3.05, 3.63) is 24.2 Å². The van der Waals surface area contributed by atoms with Gasteiger partial charge in [0, 0.05) is 6.04 Å². The van der Waals surface area contributed by atoms with Crippen LogP contribution < -0.4 is 10.6 Å². The Hall–Kier alpha value is -1.29. The van der Waals surface area contributed by atoms with E-state index in [1.165, 1.54) is 19.3 Å². The van der Waals surface area contributed by atoms with Gasteiger partial charge in [0.25, 0.3) is 0 Å². The number of amides is 1. The van der Waals surface area contributed by atoms with E-state index in [1.54, 1.807) is 6.26 Å². The van der Waals surface area contributed by atoms with Crippen LogP contribution in [0.25, 0.3) is 0 Å². The van der Waals surface area contributed by atoms with E-state index < -0.39 is 0 Å². The fraction of sp³-hybridized carbons (Fsp3) is 0.667. The number of hydrogen-bond acceptors (Lipinski definition) is 3. The zero-order valence-corrected chi connectivity index (χ0v) is 11.8. The normalized spacial score (nSPS) is 24.9. The predicted octanol–water partition coefficient (Wildman–Crippen LogP) is 2.63. The maximum absolute atomic E-state index is 11.9. The van der Waals surface area contributed by atoms with Crippen molar-refractivity contribution in [1.29, 1.82) is 0 Å². The summed E-state index contributed by atoms with van der Waals surface area (Å²) in [6, 6.07) is 4.18. The minimum absolute atomic E-state index is 0.0597. The van der Waals surface area contributed by atoms with E-state index in [0.717, 1.165) is 12.2 Å². The quantitative estimate of drug-likeness (QED) is 0.859. The molecule has 19 heavy (non-hydrogen) atoms. The van der Waals surface area contributed by atoms with Crippen molar-refractivity contribution in [2.24, 2.45) is 5.92 Å². The van der Waals surface area contributed by atoms with Crippen LogP contribution in [0.3, 0.4) is 0 Å². The monoisotopic (exact) mass is 264 g/mol. The number of nitrogens with one attached hydrogen (secondary N) is 2. The van der Waals surface area contributed by atoms with Crippen molar-refractivity contribution in [2.45, 2.75) is 51.6 Å². The highest BCUT2D eigenvalue weighted by Crippen LogP contribution is 2.23. The molecule has 0 bridgehead atoms. The molecule has 1 aromatic heterocycles. The van der Waals surface area contributed by atoms with Crippen LogP contribution in [0, 0.1) is 5.92 Å². The molecule has 0 aliphatic heterocycles. The summed E-state index contributed by atoms with van der Waals surface area (Å²) in [7, 11) is 0. The molecule has 1 aliphatic rings. The Labute approximate surface area is 114 Å². The van der Waals surface area contributed by atoms with Gasteiger partial charge >= 0.3 is 0 Å².